The number of aromatic nitrogens is 2. The molecule has 0 spiro atoms. The molecule has 0 N–H and O–H groups in total. The van der Waals surface area contributed by atoms with Crippen molar-refractivity contribution in [2.24, 2.45) is 5.41 Å². The monoisotopic (exact) mass is 533 g/mol. The Morgan fingerprint density at radius 2 is 1.79 bits per heavy atom. The zero-order valence-electron chi connectivity index (χ0n) is 20.9. The van der Waals surface area contributed by atoms with Gasteiger partial charge in [-0.15, -0.1) is 0 Å². The number of nitrogens with zero attached hydrogens (tertiary/aromatic N) is 5. The molecule has 3 heterocycles. The molecule has 0 radical (unpaired) electrons. The number of sulfonamides is 1. The van der Waals surface area contributed by atoms with Gasteiger partial charge in [-0.25, -0.2) is 17.5 Å². The Bertz CT molecular complexity index is 1520. The third-order valence-electron chi connectivity index (χ3n) is 7.84. The van der Waals surface area contributed by atoms with E-state index in [9.17, 15) is 12.8 Å². The Hall–Kier alpha value is -3.36. The largest absolute Gasteiger partial charge is 0.379 e. The standard InChI is InChI=1S/C28H28FN5O3S/c29-24-3-5-25(6-4-24)34-27-15-23-9-10-33(38(35,36)26-7-1-21(17-30)2-8-26)20-28(23,16-22(27)18-31-34)19-32-11-13-37-14-12-32/h1-8,15,18H,9-14,16,19-20H2/t28-/m1/s1. The number of ether oxygens (including phenoxy) is 1. The van der Waals surface area contributed by atoms with Gasteiger partial charge in [-0.1, -0.05) is 5.57 Å². The van der Waals surface area contributed by atoms with Crippen molar-refractivity contribution in [3.63, 3.8) is 0 Å². The number of benzene rings is 2. The second-order valence-electron chi connectivity index (χ2n) is 10.2. The van der Waals surface area contributed by atoms with Crippen molar-refractivity contribution in [3.05, 3.63) is 82.9 Å². The van der Waals surface area contributed by atoms with Gasteiger partial charge in [-0.05, 0) is 73.0 Å². The van der Waals surface area contributed by atoms with E-state index < -0.39 is 15.4 Å². The second kappa shape index (κ2) is 9.75. The maximum absolute atomic E-state index is 13.7. The highest BCUT2D eigenvalue weighted by Gasteiger charge is 2.47. The maximum Gasteiger partial charge on any atom is 0.243 e. The number of hydrogen-bond donors (Lipinski definition) is 0. The highest BCUT2D eigenvalue weighted by Crippen LogP contribution is 2.46. The van der Waals surface area contributed by atoms with Crippen LogP contribution in [-0.2, 0) is 21.2 Å². The van der Waals surface area contributed by atoms with Crippen LogP contribution in [0.4, 0.5) is 4.39 Å². The van der Waals surface area contributed by atoms with Crippen molar-refractivity contribution in [1.82, 2.24) is 19.0 Å². The van der Waals surface area contributed by atoms with E-state index in [-0.39, 0.29) is 10.7 Å². The lowest BCUT2D eigenvalue weighted by Crippen LogP contribution is -2.55. The molecule has 0 bridgehead atoms. The smallest absolute Gasteiger partial charge is 0.243 e. The normalized spacial score (nSPS) is 22.3. The SMILES string of the molecule is N#Cc1ccc(S(=O)(=O)N2CCC3=Cc4c(cnn4-c4ccc(F)cc4)C[C@@]3(CN3CCOCC3)C2)cc1. The minimum Gasteiger partial charge on any atom is -0.379 e. The number of nitriles is 1. The lowest BCUT2D eigenvalue weighted by molar-refractivity contribution is 0.0153. The van der Waals surface area contributed by atoms with E-state index in [0.717, 1.165) is 36.6 Å². The highest BCUT2D eigenvalue weighted by atomic mass is 32.2. The summed E-state index contributed by atoms with van der Waals surface area (Å²) >= 11 is 0. The molecular formula is C28H28FN5O3S. The summed E-state index contributed by atoms with van der Waals surface area (Å²) in [6.45, 7) is 4.39. The molecule has 0 unspecified atom stereocenters. The van der Waals surface area contributed by atoms with Crippen molar-refractivity contribution >= 4 is 16.1 Å². The predicted molar refractivity (Wildman–Crippen MR) is 139 cm³/mol. The van der Waals surface area contributed by atoms with Crippen molar-refractivity contribution in [3.8, 4) is 11.8 Å². The van der Waals surface area contributed by atoms with E-state index in [2.05, 4.69) is 16.1 Å². The molecule has 2 fully saturated rings. The molecule has 1 atom stereocenters. The molecule has 0 saturated carbocycles. The molecule has 10 heteroatoms. The van der Waals surface area contributed by atoms with Crippen LogP contribution in [0.2, 0.25) is 0 Å². The van der Waals surface area contributed by atoms with Crippen LogP contribution in [0.1, 0.15) is 23.2 Å². The number of fused-ring (bicyclic) bond motifs is 2. The van der Waals surface area contributed by atoms with Crippen LogP contribution in [0.3, 0.4) is 0 Å². The van der Waals surface area contributed by atoms with E-state index in [1.165, 1.54) is 29.8 Å². The van der Waals surface area contributed by atoms with Crippen molar-refractivity contribution in [1.29, 1.82) is 5.26 Å². The van der Waals surface area contributed by atoms with Gasteiger partial charge in [-0.2, -0.15) is 14.7 Å². The fourth-order valence-corrected chi connectivity index (χ4v) is 7.40. The van der Waals surface area contributed by atoms with Crippen LogP contribution < -0.4 is 0 Å². The second-order valence-corrected chi connectivity index (χ2v) is 12.1. The summed E-state index contributed by atoms with van der Waals surface area (Å²) in [6.07, 6.45) is 5.28. The molecule has 3 aromatic rings. The summed E-state index contributed by atoms with van der Waals surface area (Å²) in [5.41, 5.74) is 4.03. The van der Waals surface area contributed by atoms with Gasteiger partial charge in [0.15, 0.2) is 0 Å². The third kappa shape index (κ3) is 4.46. The molecule has 8 nitrogen and oxygen atoms in total. The van der Waals surface area contributed by atoms with E-state index in [1.807, 2.05) is 16.9 Å². The number of hydrogen-bond acceptors (Lipinski definition) is 6. The van der Waals surface area contributed by atoms with Crippen LogP contribution >= 0.6 is 0 Å². The molecule has 3 aliphatic rings. The lowest BCUT2D eigenvalue weighted by atomic mass is 9.68. The minimum absolute atomic E-state index is 0.200. The quantitative estimate of drug-likeness (QED) is 0.500. The highest BCUT2D eigenvalue weighted by molar-refractivity contribution is 7.89. The molecule has 196 valence electrons. The van der Waals surface area contributed by atoms with E-state index in [0.29, 0.717) is 44.7 Å². The summed E-state index contributed by atoms with van der Waals surface area (Å²) in [6, 6.07) is 14.4. The summed E-state index contributed by atoms with van der Waals surface area (Å²) in [7, 11) is -3.74. The van der Waals surface area contributed by atoms with Gasteiger partial charge in [0.2, 0.25) is 10.0 Å². The van der Waals surface area contributed by atoms with Gasteiger partial charge >= 0.3 is 0 Å². The molecule has 1 aliphatic carbocycles. The predicted octanol–water partition coefficient (Wildman–Crippen LogP) is 3.24. The summed E-state index contributed by atoms with van der Waals surface area (Å²) in [4.78, 5) is 2.57. The third-order valence-corrected chi connectivity index (χ3v) is 9.70. The summed E-state index contributed by atoms with van der Waals surface area (Å²) in [5.74, 6) is -0.298. The zero-order chi connectivity index (χ0) is 26.3. The van der Waals surface area contributed by atoms with Crippen molar-refractivity contribution in [2.45, 2.75) is 17.7 Å². The number of halogens is 1. The fraction of sp³-hybridized carbons (Fsp3) is 0.357. The van der Waals surface area contributed by atoms with Gasteiger partial charge in [0.25, 0.3) is 0 Å². The molecule has 1 aromatic heterocycles. The molecule has 2 aromatic carbocycles. The summed E-state index contributed by atoms with van der Waals surface area (Å²) < 4.78 is 49.9. The zero-order valence-corrected chi connectivity index (χ0v) is 21.7. The molecule has 0 amide bonds. The van der Waals surface area contributed by atoms with E-state index in [1.54, 1.807) is 28.6 Å². The van der Waals surface area contributed by atoms with Gasteiger partial charge in [0.05, 0.1) is 47.3 Å². The van der Waals surface area contributed by atoms with Gasteiger partial charge in [0.1, 0.15) is 5.82 Å². The first-order chi connectivity index (χ1) is 18.4. The maximum atomic E-state index is 13.7. The number of morpholine rings is 1. The van der Waals surface area contributed by atoms with E-state index >= 15 is 0 Å². The fourth-order valence-electron chi connectivity index (χ4n) is 5.87. The van der Waals surface area contributed by atoms with Crippen molar-refractivity contribution in [2.75, 3.05) is 45.9 Å². The first-order valence-electron chi connectivity index (χ1n) is 12.7. The molecule has 38 heavy (non-hydrogen) atoms. The average molecular weight is 534 g/mol. The Kier molecular flexibility index (Phi) is 6.40. The lowest BCUT2D eigenvalue weighted by Gasteiger charge is -2.48. The van der Waals surface area contributed by atoms with Gasteiger partial charge < -0.3 is 4.74 Å². The van der Waals surface area contributed by atoms with Crippen LogP contribution in [0.25, 0.3) is 11.8 Å². The van der Waals surface area contributed by atoms with Crippen molar-refractivity contribution < 1.29 is 17.5 Å². The topological polar surface area (TPSA) is 91.5 Å². The first-order valence-corrected chi connectivity index (χ1v) is 14.2. The van der Waals surface area contributed by atoms with Gasteiger partial charge in [-0.3, -0.25) is 4.90 Å². The minimum atomic E-state index is -3.74. The molecular weight excluding hydrogens is 505 g/mol. The van der Waals surface area contributed by atoms with Gasteiger partial charge in [0, 0.05) is 38.1 Å². The van der Waals surface area contributed by atoms with Crippen LogP contribution in [0.15, 0.2) is 65.2 Å². The Labute approximate surface area is 221 Å². The molecule has 2 aliphatic heterocycles. The Morgan fingerprint density at radius 3 is 2.50 bits per heavy atom. The van der Waals surface area contributed by atoms with Crippen LogP contribution in [0, 0.1) is 22.6 Å². The molecule has 6 rings (SSSR count). The van der Waals surface area contributed by atoms with Crippen LogP contribution in [0.5, 0.6) is 0 Å². The number of rotatable bonds is 5. The number of piperidine rings is 1. The summed E-state index contributed by atoms with van der Waals surface area (Å²) in [5, 5.41) is 13.7. The van der Waals surface area contributed by atoms with Crippen LogP contribution in [-0.4, -0.2) is 73.3 Å². The van der Waals surface area contributed by atoms with E-state index in [4.69, 9.17) is 10.00 Å². The first kappa shape index (κ1) is 24.9. The Morgan fingerprint density at radius 1 is 1.05 bits per heavy atom. The molecule has 2 saturated heterocycles. The Balaban J connectivity index is 1.36. The average Bonchev–Trinajstić information content (AvgIpc) is 3.34.